The predicted octanol–water partition coefficient (Wildman–Crippen LogP) is 3.86. The number of carbonyl (C=O) groups is 1. The molecule has 6 nitrogen and oxygen atoms in total. The molecule has 0 saturated carbocycles. The first-order valence-electron chi connectivity index (χ1n) is 10.5. The van der Waals surface area contributed by atoms with Gasteiger partial charge in [0, 0.05) is 44.2 Å². The molecule has 0 spiro atoms. The molecule has 0 N–H and O–H groups in total. The molecule has 0 aliphatic carbocycles. The molecule has 4 rings (SSSR count). The van der Waals surface area contributed by atoms with E-state index < -0.39 is 0 Å². The van der Waals surface area contributed by atoms with Gasteiger partial charge in [0.15, 0.2) is 0 Å². The zero-order valence-corrected chi connectivity index (χ0v) is 18.1. The summed E-state index contributed by atoms with van der Waals surface area (Å²) < 4.78 is 8.50. The Morgan fingerprint density at radius 2 is 1.90 bits per heavy atom. The lowest BCUT2D eigenvalue weighted by molar-refractivity contribution is -0.140. The van der Waals surface area contributed by atoms with Crippen molar-refractivity contribution in [2.45, 2.75) is 45.2 Å². The standard InChI is InChI=1S/C24H29N3O3/c1-16-8-7-11-21-23(16)18(14-25(21)3)15-26-19-9-5-6-10-20(19)27(24(26)29)17(2)12-13-22(28)30-4/h5-11,17-18H,12-15H2,1-4H3. The number of rotatable bonds is 6. The van der Waals surface area contributed by atoms with Gasteiger partial charge in [0.05, 0.1) is 18.1 Å². The molecule has 2 aromatic carbocycles. The minimum absolute atomic E-state index is 0.0155. The summed E-state index contributed by atoms with van der Waals surface area (Å²) in [7, 11) is 3.50. The second-order valence-corrected chi connectivity index (χ2v) is 8.30. The molecular weight excluding hydrogens is 378 g/mol. The van der Waals surface area contributed by atoms with Crippen LogP contribution in [0.15, 0.2) is 47.3 Å². The number of imidazole rings is 1. The Balaban J connectivity index is 1.72. The second kappa shape index (κ2) is 8.01. The number of aromatic nitrogens is 2. The van der Waals surface area contributed by atoms with Crippen LogP contribution in [0.3, 0.4) is 0 Å². The summed E-state index contributed by atoms with van der Waals surface area (Å²) in [5, 5.41) is 0. The number of aryl methyl sites for hydroxylation is 1. The molecule has 2 unspecified atom stereocenters. The van der Waals surface area contributed by atoms with Crippen LogP contribution in [0, 0.1) is 6.92 Å². The van der Waals surface area contributed by atoms with Crippen LogP contribution in [0.2, 0.25) is 0 Å². The normalized spacial score (nSPS) is 16.7. The number of benzene rings is 2. The van der Waals surface area contributed by atoms with E-state index in [1.54, 1.807) is 0 Å². The van der Waals surface area contributed by atoms with Crippen molar-refractivity contribution in [2.75, 3.05) is 25.6 Å². The zero-order valence-electron chi connectivity index (χ0n) is 18.1. The molecule has 0 radical (unpaired) electrons. The van der Waals surface area contributed by atoms with Crippen LogP contribution in [0.1, 0.15) is 42.9 Å². The van der Waals surface area contributed by atoms with Gasteiger partial charge in [-0.1, -0.05) is 24.3 Å². The van der Waals surface area contributed by atoms with E-state index in [0.717, 1.165) is 17.6 Å². The van der Waals surface area contributed by atoms with Crippen LogP contribution in [0.25, 0.3) is 11.0 Å². The molecule has 1 aliphatic heterocycles. The first-order chi connectivity index (χ1) is 14.4. The third-order valence-electron chi connectivity index (χ3n) is 6.32. The maximum absolute atomic E-state index is 13.5. The van der Waals surface area contributed by atoms with Gasteiger partial charge in [-0.15, -0.1) is 0 Å². The SMILES string of the molecule is COC(=O)CCC(C)n1c(=O)n(CC2CN(C)c3cccc(C)c32)c2ccccc21. The molecule has 2 heterocycles. The number of fused-ring (bicyclic) bond motifs is 2. The number of para-hydroxylation sites is 2. The van der Waals surface area contributed by atoms with Gasteiger partial charge in [0.2, 0.25) is 0 Å². The van der Waals surface area contributed by atoms with Crippen molar-refractivity contribution in [3.05, 3.63) is 64.1 Å². The zero-order chi connectivity index (χ0) is 21.4. The van der Waals surface area contributed by atoms with Crippen molar-refractivity contribution in [3.8, 4) is 0 Å². The lowest BCUT2D eigenvalue weighted by atomic mass is 9.96. The quantitative estimate of drug-likeness (QED) is 0.582. The predicted molar refractivity (Wildman–Crippen MR) is 119 cm³/mol. The lowest BCUT2D eigenvalue weighted by Crippen LogP contribution is -2.29. The Kier molecular flexibility index (Phi) is 5.41. The van der Waals surface area contributed by atoms with Crippen LogP contribution in [0.5, 0.6) is 0 Å². The fourth-order valence-corrected chi connectivity index (χ4v) is 4.81. The van der Waals surface area contributed by atoms with E-state index in [0.29, 0.717) is 19.4 Å². The van der Waals surface area contributed by atoms with E-state index in [2.05, 4.69) is 37.1 Å². The second-order valence-electron chi connectivity index (χ2n) is 8.30. The van der Waals surface area contributed by atoms with Gasteiger partial charge in [0.1, 0.15) is 0 Å². The van der Waals surface area contributed by atoms with Crippen molar-refractivity contribution in [3.63, 3.8) is 0 Å². The van der Waals surface area contributed by atoms with Gasteiger partial charge in [-0.2, -0.15) is 0 Å². The molecule has 0 fully saturated rings. The van der Waals surface area contributed by atoms with Crippen LogP contribution < -0.4 is 10.6 Å². The number of anilines is 1. The third-order valence-corrected chi connectivity index (χ3v) is 6.32. The van der Waals surface area contributed by atoms with Crippen molar-refractivity contribution in [1.29, 1.82) is 0 Å². The largest absolute Gasteiger partial charge is 0.469 e. The Hall–Kier alpha value is -3.02. The number of ether oxygens (including phenoxy) is 1. The lowest BCUT2D eigenvalue weighted by Gasteiger charge is -2.15. The van der Waals surface area contributed by atoms with Crippen LogP contribution in [0.4, 0.5) is 5.69 Å². The average Bonchev–Trinajstić information content (AvgIpc) is 3.21. The van der Waals surface area contributed by atoms with Crippen molar-refractivity contribution in [2.24, 2.45) is 0 Å². The first kappa shape index (κ1) is 20.3. The van der Waals surface area contributed by atoms with Gasteiger partial charge >= 0.3 is 11.7 Å². The summed E-state index contributed by atoms with van der Waals surface area (Å²) in [5.41, 5.74) is 5.70. The minimum Gasteiger partial charge on any atom is -0.469 e. The number of carbonyl (C=O) groups excluding carboxylic acids is 1. The molecule has 1 aliphatic rings. The Morgan fingerprint density at radius 3 is 2.63 bits per heavy atom. The Morgan fingerprint density at radius 1 is 1.17 bits per heavy atom. The molecule has 1 aromatic heterocycles. The molecule has 6 heteroatoms. The van der Waals surface area contributed by atoms with Gasteiger partial charge in [0.25, 0.3) is 0 Å². The number of likely N-dealkylation sites (N-methyl/N-ethyl adjacent to an activating group) is 1. The third kappa shape index (κ3) is 3.40. The van der Waals surface area contributed by atoms with E-state index in [-0.39, 0.29) is 23.6 Å². The fourth-order valence-electron chi connectivity index (χ4n) is 4.81. The van der Waals surface area contributed by atoms with Crippen LogP contribution >= 0.6 is 0 Å². The van der Waals surface area contributed by atoms with E-state index in [4.69, 9.17) is 4.74 Å². The average molecular weight is 408 g/mol. The van der Waals surface area contributed by atoms with E-state index in [1.165, 1.54) is 23.9 Å². The summed E-state index contributed by atoms with van der Waals surface area (Å²) >= 11 is 0. The summed E-state index contributed by atoms with van der Waals surface area (Å²) in [6.07, 6.45) is 0.859. The van der Waals surface area contributed by atoms with Crippen LogP contribution in [-0.4, -0.2) is 35.8 Å². The number of methoxy groups -OCH3 is 1. The van der Waals surface area contributed by atoms with E-state index in [1.807, 2.05) is 40.3 Å². The molecular formula is C24H29N3O3. The van der Waals surface area contributed by atoms with Gasteiger partial charge in [-0.3, -0.25) is 13.9 Å². The van der Waals surface area contributed by atoms with Gasteiger partial charge < -0.3 is 9.64 Å². The van der Waals surface area contributed by atoms with E-state index >= 15 is 0 Å². The fraction of sp³-hybridized carbons (Fsp3) is 0.417. The Labute approximate surface area is 176 Å². The highest BCUT2D eigenvalue weighted by Crippen LogP contribution is 2.38. The minimum atomic E-state index is -0.250. The highest BCUT2D eigenvalue weighted by molar-refractivity contribution is 5.76. The maximum atomic E-state index is 13.5. The molecule has 158 valence electrons. The maximum Gasteiger partial charge on any atom is 0.329 e. The summed E-state index contributed by atoms with van der Waals surface area (Å²) in [5.74, 6) is 0.00763. The number of nitrogens with zero attached hydrogens (tertiary/aromatic N) is 3. The smallest absolute Gasteiger partial charge is 0.329 e. The number of hydrogen-bond donors (Lipinski definition) is 0. The first-order valence-corrected chi connectivity index (χ1v) is 10.5. The highest BCUT2D eigenvalue weighted by Gasteiger charge is 2.29. The van der Waals surface area contributed by atoms with E-state index in [9.17, 15) is 9.59 Å². The number of hydrogen-bond acceptors (Lipinski definition) is 4. The molecule has 30 heavy (non-hydrogen) atoms. The molecule has 0 amide bonds. The molecule has 2 atom stereocenters. The Bertz CT molecular complexity index is 1140. The topological polar surface area (TPSA) is 56.5 Å². The van der Waals surface area contributed by atoms with Crippen molar-refractivity contribution >= 4 is 22.7 Å². The molecule has 0 bridgehead atoms. The summed E-state index contributed by atoms with van der Waals surface area (Å²) in [6.45, 7) is 5.66. The van der Waals surface area contributed by atoms with Crippen molar-refractivity contribution < 1.29 is 9.53 Å². The summed E-state index contributed by atoms with van der Waals surface area (Å²) in [4.78, 5) is 27.4. The van der Waals surface area contributed by atoms with Crippen LogP contribution in [-0.2, 0) is 16.1 Å². The molecule has 0 saturated heterocycles. The number of esters is 1. The van der Waals surface area contributed by atoms with Gasteiger partial charge in [-0.25, -0.2) is 4.79 Å². The highest BCUT2D eigenvalue weighted by atomic mass is 16.5. The van der Waals surface area contributed by atoms with Crippen molar-refractivity contribution in [1.82, 2.24) is 9.13 Å². The summed E-state index contributed by atoms with van der Waals surface area (Å²) in [6, 6.07) is 14.2. The monoisotopic (exact) mass is 407 g/mol. The van der Waals surface area contributed by atoms with Gasteiger partial charge in [-0.05, 0) is 49.6 Å². The molecule has 3 aromatic rings.